The molecule has 0 aromatic heterocycles. The van der Waals surface area contributed by atoms with Crippen molar-refractivity contribution in [2.24, 2.45) is 5.92 Å². The number of ether oxygens (including phenoxy) is 1. The number of rotatable bonds is 5. The molecule has 1 fully saturated rings. The molecule has 2 rings (SSSR count). The zero-order valence-corrected chi connectivity index (χ0v) is 11.6. The molecule has 1 N–H and O–H groups in total. The molecule has 0 heterocycles. The Kier molecular flexibility index (Phi) is 5.23. The fourth-order valence-electron chi connectivity index (χ4n) is 2.70. The summed E-state index contributed by atoms with van der Waals surface area (Å²) < 4.78 is 5.24. The Balaban J connectivity index is 1.78. The summed E-state index contributed by atoms with van der Waals surface area (Å²) >= 11 is 0. The average Bonchev–Trinajstić information content (AvgIpc) is 2.44. The van der Waals surface area contributed by atoms with E-state index in [2.05, 4.69) is 24.4 Å². The van der Waals surface area contributed by atoms with Crippen LogP contribution in [0.15, 0.2) is 24.3 Å². The van der Waals surface area contributed by atoms with Crippen LogP contribution >= 0.6 is 0 Å². The summed E-state index contributed by atoms with van der Waals surface area (Å²) in [5.41, 5.74) is 1.27. The van der Waals surface area contributed by atoms with E-state index in [1.54, 1.807) is 0 Å². The number of hydrogen-bond donors (Lipinski definition) is 1. The summed E-state index contributed by atoms with van der Waals surface area (Å²) in [4.78, 5) is 0. The fourth-order valence-corrected chi connectivity index (χ4v) is 2.70. The molecule has 0 saturated heterocycles. The summed E-state index contributed by atoms with van der Waals surface area (Å²) in [5.74, 6) is 1.62. The highest BCUT2D eigenvalue weighted by molar-refractivity contribution is 5.27. The topological polar surface area (TPSA) is 45.0 Å². The lowest BCUT2D eigenvalue weighted by Crippen LogP contribution is -2.33. The highest BCUT2D eigenvalue weighted by Gasteiger charge is 2.17. The molecule has 2 atom stereocenters. The van der Waals surface area contributed by atoms with Gasteiger partial charge in [-0.15, -0.1) is 0 Å². The zero-order chi connectivity index (χ0) is 13.5. The lowest BCUT2D eigenvalue weighted by Gasteiger charge is -2.27. The van der Waals surface area contributed by atoms with Gasteiger partial charge in [0, 0.05) is 12.6 Å². The predicted molar refractivity (Wildman–Crippen MR) is 75.8 cm³/mol. The highest BCUT2D eigenvalue weighted by atomic mass is 16.5. The first-order chi connectivity index (χ1) is 9.28. The van der Waals surface area contributed by atoms with Crippen molar-refractivity contribution in [2.45, 2.75) is 45.2 Å². The van der Waals surface area contributed by atoms with Crippen molar-refractivity contribution in [1.82, 2.24) is 5.32 Å². The van der Waals surface area contributed by atoms with Crippen LogP contribution in [-0.4, -0.2) is 12.6 Å². The molecule has 0 amide bonds. The van der Waals surface area contributed by atoms with Gasteiger partial charge in [-0.3, -0.25) is 0 Å². The minimum absolute atomic E-state index is 0.109. The molecule has 1 aliphatic rings. The van der Waals surface area contributed by atoms with E-state index in [1.165, 1.54) is 31.2 Å². The first-order valence-electron chi connectivity index (χ1n) is 7.10. The van der Waals surface area contributed by atoms with Gasteiger partial charge in [-0.25, -0.2) is 0 Å². The summed E-state index contributed by atoms with van der Waals surface area (Å²) in [6, 6.07) is 10.6. The number of hydrogen-bond acceptors (Lipinski definition) is 3. The van der Waals surface area contributed by atoms with E-state index >= 15 is 0 Å². The molecular weight excluding hydrogens is 236 g/mol. The monoisotopic (exact) mass is 258 g/mol. The van der Waals surface area contributed by atoms with Crippen LogP contribution < -0.4 is 10.1 Å². The largest absolute Gasteiger partial charge is 0.479 e. The molecule has 0 radical (unpaired) electrons. The standard InChI is InChI=1S/C16H22N2O/c1-13-3-2-4-15(11-13)18-12-14-5-7-16(8-6-14)19-10-9-17/h5-8,13,15,18H,2-4,10-12H2,1H3. The second-order valence-electron chi connectivity index (χ2n) is 5.44. The fraction of sp³-hybridized carbons (Fsp3) is 0.562. The van der Waals surface area contributed by atoms with Crippen LogP contribution in [0.2, 0.25) is 0 Å². The number of nitriles is 1. The van der Waals surface area contributed by atoms with Gasteiger partial charge in [0.2, 0.25) is 0 Å². The maximum Gasteiger partial charge on any atom is 0.174 e. The quantitative estimate of drug-likeness (QED) is 0.881. The number of benzene rings is 1. The molecule has 0 bridgehead atoms. The van der Waals surface area contributed by atoms with Crippen molar-refractivity contribution in [3.05, 3.63) is 29.8 Å². The van der Waals surface area contributed by atoms with E-state index in [0.29, 0.717) is 6.04 Å². The van der Waals surface area contributed by atoms with Gasteiger partial charge < -0.3 is 10.1 Å². The van der Waals surface area contributed by atoms with Crippen LogP contribution in [0.1, 0.15) is 38.2 Å². The molecule has 1 saturated carbocycles. The smallest absolute Gasteiger partial charge is 0.174 e. The molecule has 0 aliphatic heterocycles. The van der Waals surface area contributed by atoms with Crippen molar-refractivity contribution < 1.29 is 4.74 Å². The van der Waals surface area contributed by atoms with Crippen LogP contribution in [0, 0.1) is 17.2 Å². The normalized spacial score (nSPS) is 22.7. The van der Waals surface area contributed by atoms with Crippen LogP contribution in [0.25, 0.3) is 0 Å². The summed E-state index contributed by atoms with van der Waals surface area (Å²) in [6.07, 6.45) is 5.32. The van der Waals surface area contributed by atoms with Crippen molar-refractivity contribution in [3.63, 3.8) is 0 Å². The van der Waals surface area contributed by atoms with Crippen LogP contribution in [0.4, 0.5) is 0 Å². The number of nitrogens with one attached hydrogen (secondary N) is 1. The zero-order valence-electron chi connectivity index (χ0n) is 11.6. The van der Waals surface area contributed by atoms with Gasteiger partial charge in [0.25, 0.3) is 0 Å². The second kappa shape index (κ2) is 7.16. The van der Waals surface area contributed by atoms with Crippen LogP contribution in [0.5, 0.6) is 5.75 Å². The maximum atomic E-state index is 8.45. The Morgan fingerprint density at radius 2 is 2.11 bits per heavy atom. The lowest BCUT2D eigenvalue weighted by atomic mass is 9.87. The first kappa shape index (κ1) is 13.9. The van der Waals surface area contributed by atoms with E-state index in [0.717, 1.165) is 18.2 Å². The average molecular weight is 258 g/mol. The van der Waals surface area contributed by atoms with Crippen LogP contribution in [0.3, 0.4) is 0 Å². The predicted octanol–water partition coefficient (Wildman–Crippen LogP) is 3.26. The Bertz CT molecular complexity index is 421. The van der Waals surface area contributed by atoms with Crippen molar-refractivity contribution >= 4 is 0 Å². The Morgan fingerprint density at radius 1 is 1.32 bits per heavy atom. The van der Waals surface area contributed by atoms with E-state index in [9.17, 15) is 0 Å². The summed E-state index contributed by atoms with van der Waals surface area (Å²) in [5, 5.41) is 12.1. The van der Waals surface area contributed by atoms with Gasteiger partial charge in [-0.2, -0.15) is 5.26 Å². The Hall–Kier alpha value is -1.53. The van der Waals surface area contributed by atoms with E-state index in [1.807, 2.05) is 18.2 Å². The van der Waals surface area contributed by atoms with Gasteiger partial charge in [-0.1, -0.05) is 31.9 Å². The van der Waals surface area contributed by atoms with Gasteiger partial charge in [-0.05, 0) is 36.5 Å². The summed E-state index contributed by atoms with van der Waals surface area (Å²) in [6.45, 7) is 3.36. The van der Waals surface area contributed by atoms with E-state index < -0.39 is 0 Å². The van der Waals surface area contributed by atoms with E-state index in [-0.39, 0.29) is 6.61 Å². The van der Waals surface area contributed by atoms with Crippen LogP contribution in [-0.2, 0) is 6.54 Å². The van der Waals surface area contributed by atoms with Crippen molar-refractivity contribution in [2.75, 3.05) is 6.61 Å². The highest BCUT2D eigenvalue weighted by Crippen LogP contribution is 2.23. The minimum atomic E-state index is 0.109. The molecule has 2 unspecified atom stereocenters. The molecule has 1 aliphatic carbocycles. The molecular formula is C16H22N2O. The molecule has 0 spiro atoms. The molecule has 3 nitrogen and oxygen atoms in total. The number of nitrogens with zero attached hydrogens (tertiary/aromatic N) is 1. The molecule has 19 heavy (non-hydrogen) atoms. The minimum Gasteiger partial charge on any atom is -0.479 e. The summed E-state index contributed by atoms with van der Waals surface area (Å²) in [7, 11) is 0. The third kappa shape index (κ3) is 4.57. The maximum absolute atomic E-state index is 8.45. The van der Waals surface area contributed by atoms with Gasteiger partial charge in [0.05, 0.1) is 0 Å². The first-order valence-corrected chi connectivity index (χ1v) is 7.10. The second-order valence-corrected chi connectivity index (χ2v) is 5.44. The van der Waals surface area contributed by atoms with Gasteiger partial charge in [0.1, 0.15) is 11.8 Å². The third-order valence-corrected chi connectivity index (χ3v) is 3.76. The molecule has 3 heteroatoms. The van der Waals surface area contributed by atoms with Gasteiger partial charge in [0.15, 0.2) is 6.61 Å². The third-order valence-electron chi connectivity index (χ3n) is 3.76. The SMILES string of the molecule is CC1CCCC(NCc2ccc(OCC#N)cc2)C1. The van der Waals surface area contributed by atoms with Gasteiger partial charge >= 0.3 is 0 Å². The molecule has 102 valence electrons. The Labute approximate surface area is 115 Å². The van der Waals surface area contributed by atoms with Crippen molar-refractivity contribution in [3.8, 4) is 11.8 Å². The lowest BCUT2D eigenvalue weighted by molar-refractivity contribution is 0.300. The van der Waals surface area contributed by atoms with Crippen molar-refractivity contribution in [1.29, 1.82) is 5.26 Å². The molecule has 1 aromatic rings. The van der Waals surface area contributed by atoms with E-state index in [4.69, 9.17) is 10.00 Å². The Morgan fingerprint density at radius 3 is 2.79 bits per heavy atom. The molecule has 1 aromatic carbocycles.